The van der Waals surface area contributed by atoms with Gasteiger partial charge >= 0.3 is 12.2 Å². The number of halogens is 4. The fourth-order valence-corrected chi connectivity index (χ4v) is 1.90. The highest BCUT2D eigenvalue weighted by molar-refractivity contribution is 6.32. The van der Waals surface area contributed by atoms with Gasteiger partial charge in [0.1, 0.15) is 6.42 Å². The second-order valence-corrected chi connectivity index (χ2v) is 4.33. The second-order valence-electron chi connectivity index (χ2n) is 3.92. The SMILES string of the molecule is O=C1CC(=O)N(c2ccc(Cl)c(C(F)(F)F)c2)C(=O)N1. The van der Waals surface area contributed by atoms with Crippen LogP contribution in [0.2, 0.25) is 5.02 Å². The van der Waals surface area contributed by atoms with Gasteiger partial charge in [-0.25, -0.2) is 9.69 Å². The average Bonchev–Trinajstić information content (AvgIpc) is 2.28. The van der Waals surface area contributed by atoms with E-state index in [1.54, 1.807) is 0 Å². The highest BCUT2D eigenvalue weighted by Crippen LogP contribution is 2.37. The summed E-state index contributed by atoms with van der Waals surface area (Å²) in [6, 6.07) is 1.50. The van der Waals surface area contributed by atoms with E-state index in [0.717, 1.165) is 12.1 Å². The number of amides is 4. The molecule has 1 fully saturated rings. The van der Waals surface area contributed by atoms with E-state index in [-0.39, 0.29) is 5.69 Å². The van der Waals surface area contributed by atoms with Crippen molar-refractivity contribution in [2.45, 2.75) is 12.6 Å². The smallest absolute Gasteiger partial charge is 0.277 e. The number of hydrogen-bond acceptors (Lipinski definition) is 3. The molecule has 0 aromatic heterocycles. The van der Waals surface area contributed by atoms with Gasteiger partial charge in [-0.3, -0.25) is 14.9 Å². The molecule has 0 atom stereocenters. The first-order valence-corrected chi connectivity index (χ1v) is 5.61. The lowest BCUT2D eigenvalue weighted by molar-refractivity contribution is -0.137. The zero-order valence-corrected chi connectivity index (χ0v) is 10.4. The van der Waals surface area contributed by atoms with Crippen molar-refractivity contribution in [2.24, 2.45) is 0 Å². The summed E-state index contributed by atoms with van der Waals surface area (Å²) >= 11 is 5.44. The molecule has 0 aliphatic carbocycles. The maximum Gasteiger partial charge on any atom is 0.417 e. The van der Waals surface area contributed by atoms with Crippen molar-refractivity contribution in [1.29, 1.82) is 0 Å². The fraction of sp³-hybridized carbons (Fsp3) is 0.182. The van der Waals surface area contributed by atoms with Gasteiger partial charge in [0.05, 0.1) is 16.3 Å². The number of imide groups is 2. The van der Waals surface area contributed by atoms with Crippen LogP contribution in [0.1, 0.15) is 12.0 Å². The Morgan fingerprint density at radius 2 is 1.85 bits per heavy atom. The summed E-state index contributed by atoms with van der Waals surface area (Å²) in [7, 11) is 0. The number of alkyl halides is 3. The summed E-state index contributed by atoms with van der Waals surface area (Å²) in [6.45, 7) is 0. The third kappa shape index (κ3) is 2.60. The summed E-state index contributed by atoms with van der Waals surface area (Å²) < 4.78 is 38.1. The minimum Gasteiger partial charge on any atom is -0.277 e. The lowest BCUT2D eigenvalue weighted by Gasteiger charge is -2.25. The molecule has 1 heterocycles. The number of benzene rings is 1. The second kappa shape index (κ2) is 4.78. The highest BCUT2D eigenvalue weighted by Gasteiger charge is 2.36. The number of nitrogens with one attached hydrogen (secondary N) is 1. The van der Waals surface area contributed by atoms with Gasteiger partial charge in [0.25, 0.3) is 0 Å². The van der Waals surface area contributed by atoms with Gasteiger partial charge in [-0.1, -0.05) is 11.6 Å². The molecule has 0 unspecified atom stereocenters. The van der Waals surface area contributed by atoms with Crippen molar-refractivity contribution in [2.75, 3.05) is 4.90 Å². The molecule has 20 heavy (non-hydrogen) atoms. The van der Waals surface area contributed by atoms with E-state index in [0.29, 0.717) is 11.0 Å². The first-order chi connectivity index (χ1) is 9.20. The van der Waals surface area contributed by atoms with Gasteiger partial charge in [-0.2, -0.15) is 13.2 Å². The van der Waals surface area contributed by atoms with Crippen molar-refractivity contribution >= 4 is 35.1 Å². The van der Waals surface area contributed by atoms with E-state index in [1.807, 2.05) is 5.32 Å². The van der Waals surface area contributed by atoms with Crippen LogP contribution in [-0.2, 0) is 15.8 Å². The monoisotopic (exact) mass is 306 g/mol. The number of rotatable bonds is 1. The van der Waals surface area contributed by atoms with Crippen LogP contribution in [0.3, 0.4) is 0 Å². The first kappa shape index (κ1) is 14.3. The van der Waals surface area contributed by atoms with Crippen LogP contribution in [-0.4, -0.2) is 17.8 Å². The predicted octanol–water partition coefficient (Wildman–Crippen LogP) is 2.33. The molecule has 4 amide bonds. The van der Waals surface area contributed by atoms with E-state index < -0.39 is 41.0 Å². The van der Waals surface area contributed by atoms with E-state index in [4.69, 9.17) is 11.6 Å². The van der Waals surface area contributed by atoms with Crippen molar-refractivity contribution in [1.82, 2.24) is 5.32 Å². The third-order valence-corrected chi connectivity index (χ3v) is 2.85. The summed E-state index contributed by atoms with van der Waals surface area (Å²) in [5, 5.41) is 1.29. The van der Waals surface area contributed by atoms with Gasteiger partial charge < -0.3 is 0 Å². The Morgan fingerprint density at radius 3 is 2.40 bits per heavy atom. The van der Waals surface area contributed by atoms with Gasteiger partial charge in [-0.05, 0) is 18.2 Å². The summed E-state index contributed by atoms with van der Waals surface area (Å²) in [5.74, 6) is -1.71. The predicted molar refractivity (Wildman–Crippen MR) is 62.1 cm³/mol. The maximum absolute atomic E-state index is 12.7. The topological polar surface area (TPSA) is 66.5 Å². The molecule has 1 aliphatic heterocycles. The quantitative estimate of drug-likeness (QED) is 0.810. The van der Waals surface area contributed by atoms with Crippen LogP contribution >= 0.6 is 11.6 Å². The number of nitrogens with zero attached hydrogens (tertiary/aromatic N) is 1. The number of barbiturate groups is 1. The summed E-state index contributed by atoms with van der Waals surface area (Å²) in [4.78, 5) is 34.5. The Hall–Kier alpha value is -2.09. The number of urea groups is 1. The molecular formula is C11H6ClF3N2O3. The summed E-state index contributed by atoms with van der Waals surface area (Å²) in [6.07, 6.45) is -5.34. The lowest BCUT2D eigenvalue weighted by Crippen LogP contribution is -2.53. The van der Waals surface area contributed by atoms with Crippen molar-refractivity contribution in [3.05, 3.63) is 28.8 Å². The Bertz CT molecular complexity index is 595. The van der Waals surface area contributed by atoms with Crippen LogP contribution in [0.25, 0.3) is 0 Å². The normalized spacial score (nSPS) is 16.4. The van der Waals surface area contributed by atoms with E-state index in [9.17, 15) is 27.6 Å². The van der Waals surface area contributed by atoms with Crippen LogP contribution in [0.15, 0.2) is 18.2 Å². The molecule has 1 saturated heterocycles. The maximum atomic E-state index is 12.7. The number of anilines is 1. The molecule has 2 rings (SSSR count). The zero-order valence-electron chi connectivity index (χ0n) is 9.62. The molecule has 1 aromatic rings. The van der Waals surface area contributed by atoms with E-state index >= 15 is 0 Å². The standard InChI is InChI=1S/C11H6ClF3N2O3/c12-7-2-1-5(3-6(7)11(13,14)15)17-9(19)4-8(18)16-10(17)20/h1-3H,4H2,(H,16,18,20). The van der Waals surface area contributed by atoms with Gasteiger partial charge in [0, 0.05) is 0 Å². The zero-order chi connectivity index (χ0) is 15.1. The van der Waals surface area contributed by atoms with Crippen LogP contribution in [0, 0.1) is 0 Å². The Morgan fingerprint density at radius 1 is 1.20 bits per heavy atom. The van der Waals surface area contributed by atoms with Gasteiger partial charge in [0.2, 0.25) is 11.8 Å². The Kier molecular flexibility index (Phi) is 3.43. The van der Waals surface area contributed by atoms with Gasteiger partial charge in [-0.15, -0.1) is 0 Å². The molecule has 0 radical (unpaired) electrons. The third-order valence-electron chi connectivity index (χ3n) is 2.52. The average molecular weight is 307 g/mol. The van der Waals surface area contributed by atoms with Crippen LogP contribution < -0.4 is 10.2 Å². The van der Waals surface area contributed by atoms with Crippen LogP contribution in [0.4, 0.5) is 23.7 Å². The lowest BCUT2D eigenvalue weighted by atomic mass is 10.1. The summed E-state index contributed by atoms with van der Waals surface area (Å²) in [5.41, 5.74) is -1.48. The molecule has 9 heteroatoms. The largest absolute Gasteiger partial charge is 0.417 e. The highest BCUT2D eigenvalue weighted by atomic mass is 35.5. The van der Waals surface area contributed by atoms with Crippen molar-refractivity contribution in [3.63, 3.8) is 0 Å². The minimum atomic E-state index is -4.72. The molecule has 0 saturated carbocycles. The first-order valence-electron chi connectivity index (χ1n) is 5.23. The molecule has 0 bridgehead atoms. The van der Waals surface area contributed by atoms with Crippen LogP contribution in [0.5, 0.6) is 0 Å². The van der Waals surface area contributed by atoms with Gasteiger partial charge in [0.15, 0.2) is 0 Å². The molecule has 5 nitrogen and oxygen atoms in total. The molecule has 106 valence electrons. The molecule has 1 aromatic carbocycles. The molecule has 0 spiro atoms. The number of carbonyl (C=O) groups is 3. The fourth-order valence-electron chi connectivity index (χ4n) is 1.68. The molecule has 1 aliphatic rings. The van der Waals surface area contributed by atoms with E-state index in [2.05, 4.69) is 0 Å². The Balaban J connectivity index is 2.46. The molecule has 1 N–H and O–H groups in total. The minimum absolute atomic E-state index is 0.309. The molecular weight excluding hydrogens is 301 g/mol. The number of carbonyl (C=O) groups excluding carboxylic acids is 3. The number of hydrogen-bond donors (Lipinski definition) is 1. The Labute approximate surface area is 115 Å². The van der Waals surface area contributed by atoms with Crippen molar-refractivity contribution in [3.8, 4) is 0 Å². The van der Waals surface area contributed by atoms with E-state index in [1.165, 1.54) is 0 Å². The van der Waals surface area contributed by atoms with Crippen molar-refractivity contribution < 1.29 is 27.6 Å².